The molecule has 0 aliphatic heterocycles. The summed E-state index contributed by atoms with van der Waals surface area (Å²) in [5, 5.41) is 3.30. The van der Waals surface area contributed by atoms with Crippen molar-refractivity contribution in [1.29, 1.82) is 0 Å². The number of hydrazone groups is 1. The smallest absolute Gasteiger partial charge is 0.462 e. The van der Waals surface area contributed by atoms with E-state index in [-0.39, 0.29) is 12.2 Å². The van der Waals surface area contributed by atoms with E-state index in [0.29, 0.717) is 22.4 Å². The van der Waals surface area contributed by atoms with Crippen LogP contribution in [0.3, 0.4) is 0 Å². The van der Waals surface area contributed by atoms with Crippen molar-refractivity contribution < 1.29 is 35.5 Å². The summed E-state index contributed by atoms with van der Waals surface area (Å²) in [5.41, 5.74) is 1.51. The first kappa shape index (κ1) is 21.8. The summed E-state index contributed by atoms with van der Waals surface area (Å²) < 4.78 is 92.9. The van der Waals surface area contributed by atoms with E-state index in [2.05, 4.69) is 5.10 Å². The first-order valence-electron chi connectivity index (χ1n) is 7.52. The maximum absolute atomic E-state index is 13.0. The molecular formula is C17H12ClF7N2O. The molecule has 0 aliphatic carbocycles. The van der Waals surface area contributed by atoms with Crippen molar-refractivity contribution in [3.63, 3.8) is 0 Å². The van der Waals surface area contributed by atoms with E-state index >= 15 is 0 Å². The lowest BCUT2D eigenvalue weighted by molar-refractivity contribution is -0.361. The second-order valence-electron chi connectivity index (χ2n) is 5.50. The molecule has 0 amide bonds. The van der Waals surface area contributed by atoms with Gasteiger partial charge in [0.15, 0.2) is 0 Å². The van der Waals surface area contributed by atoms with E-state index in [1.54, 1.807) is 24.3 Å². The van der Waals surface area contributed by atoms with Crippen LogP contribution < -0.4 is 10.2 Å². The fourth-order valence-corrected chi connectivity index (χ4v) is 2.09. The van der Waals surface area contributed by atoms with Gasteiger partial charge in [0.2, 0.25) is 0 Å². The number of ether oxygens (including phenoxy) is 1. The van der Waals surface area contributed by atoms with E-state index in [4.69, 9.17) is 16.3 Å². The van der Waals surface area contributed by atoms with Gasteiger partial charge in [0.05, 0.1) is 6.21 Å². The second-order valence-corrected chi connectivity index (χ2v) is 5.94. The zero-order valence-corrected chi connectivity index (χ0v) is 14.5. The van der Waals surface area contributed by atoms with E-state index in [1.165, 1.54) is 24.3 Å². The maximum atomic E-state index is 13.0. The molecule has 2 aromatic rings. The quantitative estimate of drug-likeness (QED) is 0.268. The Bertz CT molecular complexity index is 823. The number of rotatable bonds is 7. The Morgan fingerprint density at radius 2 is 1.61 bits per heavy atom. The molecule has 0 spiro atoms. The molecule has 0 bridgehead atoms. The van der Waals surface area contributed by atoms with Gasteiger partial charge in [0, 0.05) is 5.02 Å². The zero-order valence-electron chi connectivity index (χ0n) is 13.8. The predicted octanol–water partition coefficient (Wildman–Crippen LogP) is 5.63. The molecule has 11 heteroatoms. The molecule has 0 radical (unpaired) electrons. The van der Waals surface area contributed by atoms with Crippen molar-refractivity contribution in [3.8, 4) is 5.75 Å². The molecule has 0 saturated heterocycles. The Kier molecular flexibility index (Phi) is 6.43. The van der Waals surface area contributed by atoms with Crippen LogP contribution in [0.15, 0.2) is 53.6 Å². The molecule has 1 N–H and O–H groups in total. The number of benzene rings is 2. The lowest BCUT2D eigenvalue weighted by atomic mass is 10.2. The fourth-order valence-electron chi connectivity index (χ4n) is 1.88. The maximum Gasteiger partial charge on any atom is 0.462 e. The molecule has 152 valence electrons. The average molecular weight is 429 g/mol. The van der Waals surface area contributed by atoms with Crippen LogP contribution in [0.25, 0.3) is 0 Å². The Balaban J connectivity index is 1.94. The number of hydrogen-bond donors (Lipinski definition) is 1. The SMILES string of the molecule is FC(F)(F)C(F)(F)C(F)(F)N/N=C\c1ccc(OCc2cccc(Cl)c2)cc1. The Morgan fingerprint density at radius 3 is 2.18 bits per heavy atom. The number of alkyl halides is 7. The molecule has 0 heterocycles. The van der Waals surface area contributed by atoms with Gasteiger partial charge in [-0.2, -0.15) is 35.8 Å². The number of halogens is 8. The van der Waals surface area contributed by atoms with E-state index < -0.39 is 18.1 Å². The monoisotopic (exact) mass is 428 g/mol. The minimum Gasteiger partial charge on any atom is -0.489 e. The molecule has 0 aromatic heterocycles. The highest BCUT2D eigenvalue weighted by atomic mass is 35.5. The molecule has 0 saturated carbocycles. The third-order valence-electron chi connectivity index (χ3n) is 3.34. The van der Waals surface area contributed by atoms with Crippen LogP contribution in [0.4, 0.5) is 30.7 Å². The average Bonchev–Trinajstić information content (AvgIpc) is 2.60. The van der Waals surface area contributed by atoms with Gasteiger partial charge in [-0.25, -0.2) is 5.43 Å². The molecule has 2 aromatic carbocycles. The van der Waals surface area contributed by atoms with Gasteiger partial charge in [-0.05, 0) is 47.5 Å². The van der Waals surface area contributed by atoms with Gasteiger partial charge in [-0.3, -0.25) is 0 Å². The number of hydrogen-bond acceptors (Lipinski definition) is 3. The van der Waals surface area contributed by atoms with Gasteiger partial charge in [0.25, 0.3) is 0 Å². The summed E-state index contributed by atoms with van der Waals surface area (Å²) in [6.07, 6.45) is -5.76. The van der Waals surface area contributed by atoms with E-state index in [0.717, 1.165) is 5.56 Å². The van der Waals surface area contributed by atoms with Crippen molar-refractivity contribution in [3.05, 3.63) is 64.7 Å². The molecule has 0 aliphatic rings. The molecule has 28 heavy (non-hydrogen) atoms. The van der Waals surface area contributed by atoms with Crippen molar-refractivity contribution in [2.75, 3.05) is 0 Å². The van der Waals surface area contributed by atoms with Crippen LogP contribution in [0.5, 0.6) is 5.75 Å². The summed E-state index contributed by atoms with van der Waals surface area (Å²) in [4.78, 5) is 0. The number of nitrogens with zero attached hydrogens (tertiary/aromatic N) is 1. The van der Waals surface area contributed by atoms with Crippen LogP contribution in [0.2, 0.25) is 5.02 Å². The summed E-state index contributed by atoms with van der Waals surface area (Å²) in [5.74, 6) is -5.88. The van der Waals surface area contributed by atoms with E-state index in [1.807, 2.05) is 0 Å². The van der Waals surface area contributed by atoms with Crippen LogP contribution in [0.1, 0.15) is 11.1 Å². The lowest BCUT2D eigenvalue weighted by Gasteiger charge is -2.27. The molecule has 2 rings (SSSR count). The van der Waals surface area contributed by atoms with Crippen LogP contribution in [0, 0.1) is 0 Å². The van der Waals surface area contributed by atoms with Crippen molar-refractivity contribution in [1.82, 2.24) is 5.43 Å². The normalized spacial score (nSPS) is 13.0. The Labute approximate surface area is 159 Å². The standard InChI is InChI=1S/C17H12ClF7N2O/c18-13-3-1-2-12(8-13)10-28-14-6-4-11(5-7-14)9-26-27-17(24,25)15(19,20)16(21,22)23/h1-9,27H,10H2/b26-9-. The molecule has 3 nitrogen and oxygen atoms in total. The first-order chi connectivity index (χ1) is 12.9. The summed E-state index contributed by atoms with van der Waals surface area (Å²) >= 11 is 5.84. The largest absolute Gasteiger partial charge is 0.489 e. The molecule has 0 unspecified atom stereocenters. The third kappa shape index (κ3) is 5.28. The van der Waals surface area contributed by atoms with Crippen molar-refractivity contribution >= 4 is 17.8 Å². The highest BCUT2D eigenvalue weighted by Gasteiger charge is 2.73. The topological polar surface area (TPSA) is 33.6 Å². The molecule has 0 atom stereocenters. The fraction of sp³-hybridized carbons (Fsp3) is 0.235. The Morgan fingerprint density at radius 1 is 0.964 bits per heavy atom. The van der Waals surface area contributed by atoms with Crippen LogP contribution >= 0.6 is 11.6 Å². The van der Waals surface area contributed by atoms with Crippen molar-refractivity contribution in [2.45, 2.75) is 24.8 Å². The van der Waals surface area contributed by atoms with Gasteiger partial charge in [-0.1, -0.05) is 23.7 Å². The predicted molar refractivity (Wildman–Crippen MR) is 88.9 cm³/mol. The van der Waals surface area contributed by atoms with Crippen molar-refractivity contribution in [2.24, 2.45) is 5.10 Å². The van der Waals surface area contributed by atoms with E-state index in [9.17, 15) is 30.7 Å². The summed E-state index contributed by atoms with van der Waals surface area (Å²) in [6, 6.07) is 6.88. The molecule has 0 fully saturated rings. The highest BCUT2D eigenvalue weighted by Crippen LogP contribution is 2.44. The minimum atomic E-state index is -6.43. The lowest BCUT2D eigenvalue weighted by Crippen LogP contribution is -2.58. The summed E-state index contributed by atoms with van der Waals surface area (Å²) in [6.45, 7) is 0.203. The Hall–Kier alpha value is -2.49. The molecular weight excluding hydrogens is 417 g/mol. The first-order valence-corrected chi connectivity index (χ1v) is 7.90. The zero-order chi connectivity index (χ0) is 21.0. The van der Waals surface area contributed by atoms with Crippen LogP contribution in [-0.2, 0) is 6.61 Å². The van der Waals surface area contributed by atoms with Gasteiger partial charge in [0.1, 0.15) is 12.4 Å². The number of nitrogens with one attached hydrogen (secondary N) is 1. The summed E-state index contributed by atoms with van der Waals surface area (Å²) in [7, 11) is 0. The third-order valence-corrected chi connectivity index (χ3v) is 3.58. The second kappa shape index (κ2) is 8.26. The van der Waals surface area contributed by atoms with Gasteiger partial charge >= 0.3 is 18.1 Å². The van der Waals surface area contributed by atoms with Gasteiger partial charge < -0.3 is 4.74 Å². The van der Waals surface area contributed by atoms with Gasteiger partial charge in [-0.15, -0.1) is 0 Å². The van der Waals surface area contributed by atoms with Crippen LogP contribution in [-0.4, -0.2) is 24.4 Å². The minimum absolute atomic E-state index is 0.161. The highest BCUT2D eigenvalue weighted by molar-refractivity contribution is 6.30.